The predicted molar refractivity (Wildman–Crippen MR) is 48.5 cm³/mol. The summed E-state index contributed by atoms with van der Waals surface area (Å²) in [6.45, 7) is 7.19. The van der Waals surface area contributed by atoms with Crippen molar-refractivity contribution in [3.8, 4) is 0 Å². The standard InChI is InChI=1S/C9H17NO2/c1-7(10)5-6-8(11)12-9(2,3)4/h10H,5-6H2,1-4H3. The summed E-state index contributed by atoms with van der Waals surface area (Å²) in [7, 11) is 0. The molecule has 0 fully saturated rings. The van der Waals surface area contributed by atoms with Crippen LogP contribution in [-0.2, 0) is 9.53 Å². The maximum Gasteiger partial charge on any atom is 0.306 e. The van der Waals surface area contributed by atoms with Crippen LogP contribution in [-0.4, -0.2) is 17.3 Å². The second-order valence-corrected chi connectivity index (χ2v) is 3.87. The molecule has 0 aromatic rings. The van der Waals surface area contributed by atoms with Gasteiger partial charge in [-0.1, -0.05) is 0 Å². The van der Waals surface area contributed by atoms with Gasteiger partial charge in [-0.2, -0.15) is 0 Å². The van der Waals surface area contributed by atoms with Gasteiger partial charge in [0.25, 0.3) is 0 Å². The summed E-state index contributed by atoms with van der Waals surface area (Å²) in [6.07, 6.45) is 0.807. The normalized spacial score (nSPS) is 11.0. The number of hydrogen-bond donors (Lipinski definition) is 1. The minimum Gasteiger partial charge on any atom is -0.460 e. The Morgan fingerprint density at radius 1 is 1.33 bits per heavy atom. The van der Waals surface area contributed by atoms with Crippen molar-refractivity contribution in [2.75, 3.05) is 0 Å². The van der Waals surface area contributed by atoms with Gasteiger partial charge >= 0.3 is 5.97 Å². The van der Waals surface area contributed by atoms with Gasteiger partial charge in [0.15, 0.2) is 0 Å². The number of esters is 1. The van der Waals surface area contributed by atoms with E-state index in [1.807, 2.05) is 20.8 Å². The number of hydrogen-bond acceptors (Lipinski definition) is 3. The zero-order valence-corrected chi connectivity index (χ0v) is 8.23. The molecule has 1 N–H and O–H groups in total. The topological polar surface area (TPSA) is 50.2 Å². The molecule has 70 valence electrons. The molecule has 0 amide bonds. The van der Waals surface area contributed by atoms with Crippen LogP contribution in [0.25, 0.3) is 0 Å². The molecule has 0 bridgehead atoms. The summed E-state index contributed by atoms with van der Waals surface area (Å²) >= 11 is 0. The van der Waals surface area contributed by atoms with Crippen molar-refractivity contribution in [2.45, 2.75) is 46.1 Å². The predicted octanol–water partition coefficient (Wildman–Crippen LogP) is 2.15. The van der Waals surface area contributed by atoms with Gasteiger partial charge in [-0.3, -0.25) is 4.79 Å². The number of carbonyl (C=O) groups is 1. The molecule has 3 nitrogen and oxygen atoms in total. The highest BCUT2D eigenvalue weighted by Gasteiger charge is 2.15. The van der Waals surface area contributed by atoms with E-state index in [1.165, 1.54) is 0 Å². The molecule has 0 aromatic heterocycles. The summed E-state index contributed by atoms with van der Waals surface area (Å²) in [6, 6.07) is 0. The van der Waals surface area contributed by atoms with Crippen molar-refractivity contribution in [1.29, 1.82) is 5.41 Å². The first kappa shape index (κ1) is 11.1. The van der Waals surface area contributed by atoms with E-state index in [9.17, 15) is 4.79 Å². The molecule has 3 heteroatoms. The molecule has 0 rings (SSSR count). The average Bonchev–Trinajstić information content (AvgIpc) is 1.79. The third kappa shape index (κ3) is 7.25. The van der Waals surface area contributed by atoms with Crippen molar-refractivity contribution in [3.05, 3.63) is 0 Å². The molecule has 0 aliphatic rings. The zero-order chi connectivity index (χ0) is 9.78. The fraction of sp³-hybridized carbons (Fsp3) is 0.778. The van der Waals surface area contributed by atoms with Crippen LogP contribution < -0.4 is 0 Å². The maximum atomic E-state index is 11.0. The Kier molecular flexibility index (Phi) is 3.93. The first-order valence-electron chi connectivity index (χ1n) is 4.07. The van der Waals surface area contributed by atoms with Gasteiger partial charge in [-0.15, -0.1) is 0 Å². The largest absolute Gasteiger partial charge is 0.460 e. The van der Waals surface area contributed by atoms with E-state index in [2.05, 4.69) is 0 Å². The molecule has 0 aliphatic carbocycles. The minimum absolute atomic E-state index is 0.228. The highest BCUT2D eigenvalue weighted by Crippen LogP contribution is 2.08. The second kappa shape index (κ2) is 4.24. The Labute approximate surface area is 73.6 Å². The lowest BCUT2D eigenvalue weighted by atomic mass is 10.2. The number of nitrogens with one attached hydrogen (secondary N) is 1. The fourth-order valence-corrected chi connectivity index (χ4v) is 0.682. The van der Waals surface area contributed by atoms with Gasteiger partial charge in [-0.05, 0) is 34.1 Å². The van der Waals surface area contributed by atoms with Crippen LogP contribution in [0, 0.1) is 5.41 Å². The van der Waals surface area contributed by atoms with E-state index in [-0.39, 0.29) is 5.97 Å². The summed E-state index contributed by atoms with van der Waals surface area (Å²) in [5.74, 6) is -0.228. The van der Waals surface area contributed by atoms with Crippen molar-refractivity contribution in [2.24, 2.45) is 0 Å². The van der Waals surface area contributed by atoms with Crippen LogP contribution in [0.15, 0.2) is 0 Å². The summed E-state index contributed by atoms with van der Waals surface area (Å²) in [5, 5.41) is 7.11. The number of rotatable bonds is 3. The molecule has 0 aromatic carbocycles. The van der Waals surface area contributed by atoms with Crippen molar-refractivity contribution >= 4 is 11.7 Å². The lowest BCUT2D eigenvalue weighted by molar-refractivity contribution is -0.154. The van der Waals surface area contributed by atoms with E-state index >= 15 is 0 Å². The first-order valence-corrected chi connectivity index (χ1v) is 4.07. The summed E-state index contributed by atoms with van der Waals surface area (Å²) < 4.78 is 5.05. The van der Waals surface area contributed by atoms with E-state index < -0.39 is 5.60 Å². The highest BCUT2D eigenvalue weighted by molar-refractivity contribution is 5.83. The van der Waals surface area contributed by atoms with Gasteiger partial charge < -0.3 is 10.1 Å². The first-order chi connectivity index (χ1) is 5.31. The Morgan fingerprint density at radius 3 is 2.17 bits per heavy atom. The number of ether oxygens (including phenoxy) is 1. The van der Waals surface area contributed by atoms with E-state index in [4.69, 9.17) is 10.1 Å². The monoisotopic (exact) mass is 171 g/mol. The maximum absolute atomic E-state index is 11.0. The van der Waals surface area contributed by atoms with Crippen molar-refractivity contribution < 1.29 is 9.53 Å². The molecule has 0 spiro atoms. The van der Waals surface area contributed by atoms with Gasteiger partial charge in [0.05, 0.1) is 6.42 Å². The Balaban J connectivity index is 3.68. The van der Waals surface area contributed by atoms with Crippen LogP contribution >= 0.6 is 0 Å². The Hall–Kier alpha value is -0.860. The smallest absolute Gasteiger partial charge is 0.306 e. The third-order valence-electron chi connectivity index (χ3n) is 1.12. The van der Waals surface area contributed by atoms with Crippen LogP contribution in [0.5, 0.6) is 0 Å². The van der Waals surface area contributed by atoms with Gasteiger partial charge in [0.1, 0.15) is 5.60 Å². The Morgan fingerprint density at radius 2 is 1.83 bits per heavy atom. The summed E-state index contributed by atoms with van der Waals surface area (Å²) in [4.78, 5) is 11.0. The van der Waals surface area contributed by atoms with Crippen LogP contribution in [0.1, 0.15) is 40.5 Å². The van der Waals surface area contributed by atoms with E-state index in [1.54, 1.807) is 6.92 Å². The molecule has 0 aliphatic heterocycles. The molecule has 0 saturated carbocycles. The molecular weight excluding hydrogens is 154 g/mol. The van der Waals surface area contributed by atoms with Crippen LogP contribution in [0.2, 0.25) is 0 Å². The van der Waals surface area contributed by atoms with Crippen molar-refractivity contribution in [1.82, 2.24) is 0 Å². The average molecular weight is 171 g/mol. The molecule has 0 unspecified atom stereocenters. The molecule has 0 radical (unpaired) electrons. The second-order valence-electron chi connectivity index (χ2n) is 3.87. The molecule has 12 heavy (non-hydrogen) atoms. The number of carbonyl (C=O) groups excluding carboxylic acids is 1. The molecule has 0 atom stereocenters. The summed E-state index contributed by atoms with van der Waals surface area (Å²) in [5.41, 5.74) is 0.105. The molecule has 0 saturated heterocycles. The van der Waals surface area contributed by atoms with Crippen LogP contribution in [0.3, 0.4) is 0 Å². The van der Waals surface area contributed by atoms with Crippen LogP contribution in [0.4, 0.5) is 0 Å². The van der Waals surface area contributed by atoms with Crippen molar-refractivity contribution in [3.63, 3.8) is 0 Å². The van der Waals surface area contributed by atoms with E-state index in [0.717, 1.165) is 0 Å². The Bertz CT molecular complexity index is 179. The molecule has 0 heterocycles. The fourth-order valence-electron chi connectivity index (χ4n) is 0.682. The van der Waals surface area contributed by atoms with Gasteiger partial charge in [-0.25, -0.2) is 0 Å². The highest BCUT2D eigenvalue weighted by atomic mass is 16.6. The minimum atomic E-state index is -0.410. The van der Waals surface area contributed by atoms with E-state index in [0.29, 0.717) is 18.6 Å². The lowest BCUT2D eigenvalue weighted by Gasteiger charge is -2.19. The zero-order valence-electron chi connectivity index (χ0n) is 8.23. The lowest BCUT2D eigenvalue weighted by Crippen LogP contribution is -2.23. The third-order valence-corrected chi connectivity index (χ3v) is 1.12. The molecular formula is C9H17NO2. The quantitative estimate of drug-likeness (QED) is 0.522. The van der Waals surface area contributed by atoms with Gasteiger partial charge in [0, 0.05) is 5.71 Å². The van der Waals surface area contributed by atoms with Gasteiger partial charge in [0.2, 0.25) is 0 Å². The SMILES string of the molecule is CC(=N)CCC(=O)OC(C)(C)C.